The van der Waals surface area contributed by atoms with Gasteiger partial charge in [-0.2, -0.15) is 5.10 Å². The third kappa shape index (κ3) is 5.30. The molecule has 0 aliphatic rings. The zero-order valence-electron chi connectivity index (χ0n) is 15.7. The van der Waals surface area contributed by atoms with Crippen molar-refractivity contribution in [3.63, 3.8) is 0 Å². The first-order valence-corrected chi connectivity index (χ1v) is 10.1. The number of hydrazone groups is 1. The number of hydrogen-bond acceptors (Lipinski definition) is 5. The predicted molar refractivity (Wildman–Crippen MR) is 107 cm³/mol. The number of amides is 1. The number of rotatable bonds is 7. The van der Waals surface area contributed by atoms with E-state index >= 15 is 0 Å². The van der Waals surface area contributed by atoms with Crippen LogP contribution in [0.1, 0.15) is 19.4 Å². The van der Waals surface area contributed by atoms with E-state index in [1.54, 1.807) is 56.5 Å². The lowest BCUT2D eigenvalue weighted by molar-refractivity contribution is -0.121. The molecule has 0 aliphatic heterocycles. The highest BCUT2D eigenvalue weighted by molar-refractivity contribution is 7.92. The van der Waals surface area contributed by atoms with Gasteiger partial charge in [0.05, 0.1) is 24.8 Å². The summed E-state index contributed by atoms with van der Waals surface area (Å²) in [6, 6.07) is 14.7. The summed E-state index contributed by atoms with van der Waals surface area (Å²) in [7, 11) is -2.07. The summed E-state index contributed by atoms with van der Waals surface area (Å²) in [5.41, 5.74) is 4.26. The third-order valence-corrected chi connectivity index (χ3v) is 5.18. The first kappa shape index (κ1) is 20.4. The second-order valence-electron chi connectivity index (χ2n) is 5.97. The second kappa shape index (κ2) is 8.68. The zero-order chi connectivity index (χ0) is 20.0. The fourth-order valence-corrected chi connectivity index (χ4v) is 3.69. The van der Waals surface area contributed by atoms with Gasteiger partial charge >= 0.3 is 0 Å². The molecule has 7 nitrogen and oxygen atoms in total. The molecule has 27 heavy (non-hydrogen) atoms. The molecule has 1 amide bonds. The van der Waals surface area contributed by atoms with E-state index in [4.69, 9.17) is 4.74 Å². The highest BCUT2D eigenvalue weighted by Crippen LogP contribution is 2.20. The summed E-state index contributed by atoms with van der Waals surface area (Å²) in [5.74, 6) is 0.188. The number of ether oxygens (including phenoxy) is 1. The molecule has 2 aromatic carbocycles. The summed E-state index contributed by atoms with van der Waals surface area (Å²) in [4.78, 5) is 12.5. The molecule has 0 radical (unpaired) electrons. The van der Waals surface area contributed by atoms with Gasteiger partial charge in [-0.15, -0.1) is 0 Å². The maximum Gasteiger partial charge on any atom is 0.263 e. The zero-order valence-corrected chi connectivity index (χ0v) is 16.5. The molecular formula is C19H23N3O4S. The number of hydrogen-bond donors (Lipinski definition) is 1. The monoisotopic (exact) mass is 389 g/mol. The van der Waals surface area contributed by atoms with E-state index in [2.05, 4.69) is 10.5 Å². The first-order chi connectivity index (χ1) is 12.7. The van der Waals surface area contributed by atoms with Crippen LogP contribution in [-0.2, 0) is 14.8 Å². The summed E-state index contributed by atoms with van der Waals surface area (Å²) >= 11 is 0. The van der Waals surface area contributed by atoms with Crippen LogP contribution in [0.5, 0.6) is 5.75 Å². The minimum atomic E-state index is -3.65. The largest absolute Gasteiger partial charge is 0.497 e. The maximum absolute atomic E-state index is 12.5. The van der Waals surface area contributed by atoms with E-state index in [1.807, 2.05) is 12.1 Å². The van der Waals surface area contributed by atoms with Gasteiger partial charge in [0.2, 0.25) is 10.0 Å². The quantitative estimate of drug-likeness (QED) is 0.582. The van der Waals surface area contributed by atoms with Gasteiger partial charge in [-0.25, -0.2) is 13.8 Å². The molecule has 0 bridgehead atoms. The van der Waals surface area contributed by atoms with Crippen molar-refractivity contribution in [3.05, 3.63) is 60.2 Å². The molecule has 2 rings (SSSR count). The summed E-state index contributed by atoms with van der Waals surface area (Å²) in [6.07, 6.45) is 1.07. The molecule has 2 aromatic rings. The topological polar surface area (TPSA) is 88.1 Å². The number of nitrogens with one attached hydrogen (secondary N) is 1. The molecule has 1 atom stereocenters. The lowest BCUT2D eigenvalue weighted by Gasteiger charge is -2.27. The Morgan fingerprint density at radius 2 is 1.70 bits per heavy atom. The van der Waals surface area contributed by atoms with Crippen LogP contribution in [0.2, 0.25) is 0 Å². The molecule has 0 saturated heterocycles. The van der Waals surface area contributed by atoms with Gasteiger partial charge in [-0.1, -0.05) is 18.2 Å². The van der Waals surface area contributed by atoms with Gasteiger partial charge in [0.25, 0.3) is 5.91 Å². The molecule has 144 valence electrons. The standard InChI is InChI=1S/C19H23N3O4S/c1-14(16-10-12-18(26-3)13-11-16)20-21-19(23)15(2)22(27(4,24)25)17-8-6-5-7-9-17/h5-13,15H,1-4H3,(H,21,23)/b20-14-/t15-/m0/s1. The van der Waals surface area contributed by atoms with Crippen molar-refractivity contribution in [2.24, 2.45) is 5.10 Å². The molecule has 0 aliphatic carbocycles. The van der Waals surface area contributed by atoms with E-state index < -0.39 is 22.0 Å². The average molecular weight is 389 g/mol. The predicted octanol–water partition coefficient (Wildman–Crippen LogP) is 2.39. The average Bonchev–Trinajstić information content (AvgIpc) is 2.65. The van der Waals surface area contributed by atoms with E-state index in [0.29, 0.717) is 11.4 Å². The number of nitrogens with zero attached hydrogens (tertiary/aromatic N) is 2. The Morgan fingerprint density at radius 1 is 1.11 bits per heavy atom. The van der Waals surface area contributed by atoms with Crippen molar-refractivity contribution >= 4 is 27.3 Å². The van der Waals surface area contributed by atoms with Crippen LogP contribution in [0.4, 0.5) is 5.69 Å². The first-order valence-electron chi connectivity index (χ1n) is 8.27. The van der Waals surface area contributed by atoms with E-state index in [0.717, 1.165) is 21.9 Å². The lowest BCUT2D eigenvalue weighted by Crippen LogP contribution is -2.46. The Kier molecular flexibility index (Phi) is 6.57. The lowest BCUT2D eigenvalue weighted by atomic mass is 10.1. The number of carbonyl (C=O) groups is 1. The van der Waals surface area contributed by atoms with Gasteiger partial charge in [-0.3, -0.25) is 9.10 Å². The Bertz CT molecular complexity index is 910. The van der Waals surface area contributed by atoms with Gasteiger partial charge in [-0.05, 0) is 55.8 Å². The Hall–Kier alpha value is -2.87. The Labute approximate surface area is 159 Å². The van der Waals surface area contributed by atoms with E-state index in [9.17, 15) is 13.2 Å². The minimum absolute atomic E-state index is 0.415. The molecular weight excluding hydrogens is 366 g/mol. The van der Waals surface area contributed by atoms with Crippen LogP contribution in [0.15, 0.2) is 59.7 Å². The van der Waals surface area contributed by atoms with Crippen molar-refractivity contribution in [1.82, 2.24) is 5.43 Å². The minimum Gasteiger partial charge on any atom is -0.497 e. The maximum atomic E-state index is 12.5. The van der Waals surface area contributed by atoms with Gasteiger partial charge in [0.1, 0.15) is 11.8 Å². The van der Waals surface area contributed by atoms with Crippen LogP contribution in [-0.4, -0.2) is 39.4 Å². The summed E-state index contributed by atoms with van der Waals surface area (Å²) in [5, 5.41) is 4.08. The molecule has 0 spiro atoms. The fraction of sp³-hybridized carbons (Fsp3) is 0.263. The SMILES string of the molecule is COc1ccc(/C(C)=N\NC(=O)[C@H](C)N(c2ccccc2)S(C)(=O)=O)cc1. The highest BCUT2D eigenvalue weighted by Gasteiger charge is 2.28. The van der Waals surface area contributed by atoms with Crippen LogP contribution >= 0.6 is 0 Å². The number of benzene rings is 2. The van der Waals surface area contributed by atoms with E-state index in [-0.39, 0.29) is 0 Å². The summed E-state index contributed by atoms with van der Waals surface area (Å²) in [6.45, 7) is 3.26. The van der Waals surface area contributed by atoms with Crippen LogP contribution in [0, 0.1) is 0 Å². The molecule has 0 heterocycles. The normalized spacial score (nSPS) is 13.0. The fourth-order valence-electron chi connectivity index (χ4n) is 2.51. The van der Waals surface area contributed by atoms with Crippen molar-refractivity contribution in [1.29, 1.82) is 0 Å². The molecule has 0 saturated carbocycles. The van der Waals surface area contributed by atoms with Crippen molar-refractivity contribution < 1.29 is 17.9 Å². The number of anilines is 1. The number of sulfonamides is 1. The smallest absolute Gasteiger partial charge is 0.263 e. The molecule has 0 unspecified atom stereocenters. The number of methoxy groups -OCH3 is 1. The second-order valence-corrected chi connectivity index (χ2v) is 7.83. The van der Waals surface area contributed by atoms with Crippen LogP contribution in [0.3, 0.4) is 0 Å². The van der Waals surface area contributed by atoms with Crippen molar-refractivity contribution in [3.8, 4) is 5.75 Å². The van der Waals surface area contributed by atoms with Crippen molar-refractivity contribution in [2.75, 3.05) is 17.7 Å². The summed E-state index contributed by atoms with van der Waals surface area (Å²) < 4.78 is 30.6. The molecule has 1 N–H and O–H groups in total. The Morgan fingerprint density at radius 3 is 2.22 bits per heavy atom. The molecule has 8 heteroatoms. The number of carbonyl (C=O) groups excluding carboxylic acids is 1. The van der Waals surface area contributed by atoms with Gasteiger partial charge in [0, 0.05) is 0 Å². The van der Waals surface area contributed by atoms with Crippen molar-refractivity contribution in [2.45, 2.75) is 19.9 Å². The van der Waals surface area contributed by atoms with Crippen LogP contribution in [0.25, 0.3) is 0 Å². The molecule has 0 aromatic heterocycles. The Balaban J connectivity index is 2.17. The van der Waals surface area contributed by atoms with Crippen LogP contribution < -0.4 is 14.5 Å². The number of para-hydroxylation sites is 1. The van der Waals surface area contributed by atoms with Gasteiger partial charge < -0.3 is 4.74 Å². The van der Waals surface area contributed by atoms with Gasteiger partial charge in [0.15, 0.2) is 0 Å². The third-order valence-electron chi connectivity index (χ3n) is 3.94. The highest BCUT2D eigenvalue weighted by atomic mass is 32.2. The molecule has 0 fully saturated rings. The van der Waals surface area contributed by atoms with E-state index in [1.165, 1.54) is 6.92 Å².